The van der Waals surface area contributed by atoms with E-state index >= 15 is 0 Å². The largest absolute Gasteiger partial charge is 0.394 e. The first-order valence-corrected chi connectivity index (χ1v) is 8.76. The van der Waals surface area contributed by atoms with Gasteiger partial charge >= 0.3 is 0 Å². The summed E-state index contributed by atoms with van der Waals surface area (Å²) in [4.78, 5) is 13.8. The van der Waals surface area contributed by atoms with Gasteiger partial charge in [-0.3, -0.25) is 4.79 Å². The third-order valence-electron chi connectivity index (χ3n) is 4.50. The normalized spacial score (nSPS) is 14.2. The molecule has 1 amide bonds. The van der Waals surface area contributed by atoms with Gasteiger partial charge in [0.05, 0.1) is 30.1 Å². The second-order valence-corrected chi connectivity index (χ2v) is 7.11. The van der Waals surface area contributed by atoms with Crippen LogP contribution in [0.3, 0.4) is 0 Å². The number of aliphatic hydroxyl groups is 3. The van der Waals surface area contributed by atoms with Crippen molar-refractivity contribution < 1.29 is 33.3 Å². The Hall–Kier alpha value is -2.62. The highest BCUT2D eigenvalue weighted by molar-refractivity contribution is 6.00. The minimum absolute atomic E-state index is 0.153. The molecule has 2 aromatic carbocycles. The van der Waals surface area contributed by atoms with Gasteiger partial charge in [0.25, 0.3) is 5.91 Å². The summed E-state index contributed by atoms with van der Waals surface area (Å²) in [5.41, 5.74) is -2.26. The van der Waals surface area contributed by atoms with Gasteiger partial charge in [-0.2, -0.15) is 0 Å². The van der Waals surface area contributed by atoms with Crippen LogP contribution in [0.15, 0.2) is 30.3 Å². The number of rotatable bonds is 7. The van der Waals surface area contributed by atoms with Crippen LogP contribution in [0.2, 0.25) is 0 Å². The Kier molecular flexibility index (Phi) is 6.89. The molecule has 0 radical (unpaired) electrons. The summed E-state index contributed by atoms with van der Waals surface area (Å²) >= 11 is 0. The third kappa shape index (κ3) is 5.06. The Bertz CT molecular complexity index is 906. The second-order valence-electron chi connectivity index (χ2n) is 7.11. The number of aliphatic hydroxyl groups excluding tert-OH is 2. The Labute approximate surface area is 166 Å². The van der Waals surface area contributed by atoms with E-state index < -0.39 is 53.9 Å². The van der Waals surface area contributed by atoms with Crippen LogP contribution in [-0.4, -0.2) is 58.0 Å². The van der Waals surface area contributed by atoms with E-state index in [4.69, 9.17) is 5.11 Å². The van der Waals surface area contributed by atoms with Crippen molar-refractivity contribution in [3.05, 3.63) is 58.9 Å². The average molecular weight is 412 g/mol. The molecule has 6 nitrogen and oxygen atoms in total. The van der Waals surface area contributed by atoms with Crippen LogP contribution in [0.5, 0.6) is 0 Å². The predicted molar refractivity (Wildman–Crippen MR) is 101 cm³/mol. The minimum Gasteiger partial charge on any atom is -0.394 e. The van der Waals surface area contributed by atoms with Crippen molar-refractivity contribution >= 4 is 17.3 Å². The lowest BCUT2D eigenvalue weighted by atomic mass is 9.98. The van der Waals surface area contributed by atoms with E-state index in [0.29, 0.717) is 5.56 Å². The molecule has 29 heavy (non-hydrogen) atoms. The quantitative estimate of drug-likeness (QED) is 0.560. The molecule has 4 N–H and O–H groups in total. The molecule has 0 aliphatic heterocycles. The number of likely N-dealkylation sites (N-methyl/N-ethyl adjacent to an activating group) is 1. The maximum absolute atomic E-state index is 14.5. The van der Waals surface area contributed by atoms with Crippen molar-refractivity contribution in [3.8, 4) is 0 Å². The van der Waals surface area contributed by atoms with Crippen LogP contribution < -0.4 is 5.32 Å². The lowest BCUT2D eigenvalue weighted by Crippen LogP contribution is -2.51. The molecule has 2 unspecified atom stereocenters. The summed E-state index contributed by atoms with van der Waals surface area (Å²) < 4.78 is 42.4. The molecule has 0 aromatic heterocycles. The molecule has 0 bridgehead atoms. The molecule has 2 rings (SSSR count). The average Bonchev–Trinajstić information content (AvgIpc) is 2.65. The molecule has 2 aromatic rings. The molecule has 0 spiro atoms. The molecule has 0 fully saturated rings. The minimum atomic E-state index is -1.85. The Morgan fingerprint density at radius 3 is 2.45 bits per heavy atom. The van der Waals surface area contributed by atoms with Crippen LogP contribution in [0.25, 0.3) is 0 Å². The molecule has 2 atom stereocenters. The highest BCUT2D eigenvalue weighted by Crippen LogP contribution is 2.29. The maximum Gasteiger partial charge on any atom is 0.255 e. The molecular formula is C20H23F3N2O4. The summed E-state index contributed by atoms with van der Waals surface area (Å²) in [6.07, 6.45) is -1.53. The van der Waals surface area contributed by atoms with Gasteiger partial charge in [0, 0.05) is 7.05 Å². The first kappa shape index (κ1) is 22.7. The lowest BCUT2D eigenvalue weighted by Gasteiger charge is -2.32. The Balaban J connectivity index is 2.40. The highest BCUT2D eigenvalue weighted by atomic mass is 19.2. The van der Waals surface area contributed by atoms with E-state index in [1.807, 2.05) is 0 Å². The van der Waals surface area contributed by atoms with Crippen molar-refractivity contribution in [2.75, 3.05) is 25.5 Å². The molecule has 0 aliphatic rings. The summed E-state index contributed by atoms with van der Waals surface area (Å²) in [7, 11) is 1.28. The second kappa shape index (κ2) is 8.81. The molecule has 9 heteroatoms. The smallest absolute Gasteiger partial charge is 0.255 e. The zero-order valence-corrected chi connectivity index (χ0v) is 16.2. The Morgan fingerprint density at radius 2 is 1.86 bits per heavy atom. The molecular weight excluding hydrogens is 389 g/mol. The summed E-state index contributed by atoms with van der Waals surface area (Å²) in [5, 5.41) is 31.3. The van der Waals surface area contributed by atoms with Crippen LogP contribution >= 0.6 is 0 Å². The molecule has 0 saturated carbocycles. The zero-order valence-electron chi connectivity index (χ0n) is 16.2. The molecule has 0 aliphatic carbocycles. The maximum atomic E-state index is 14.5. The van der Waals surface area contributed by atoms with Gasteiger partial charge < -0.3 is 25.5 Å². The van der Waals surface area contributed by atoms with Gasteiger partial charge in [-0.1, -0.05) is 6.07 Å². The summed E-state index contributed by atoms with van der Waals surface area (Å²) in [6.45, 7) is 1.72. The van der Waals surface area contributed by atoms with Crippen LogP contribution in [0.1, 0.15) is 22.8 Å². The third-order valence-corrected chi connectivity index (χ3v) is 4.50. The number of halogens is 3. The van der Waals surface area contributed by atoms with Crippen molar-refractivity contribution in [1.29, 1.82) is 0 Å². The van der Waals surface area contributed by atoms with Gasteiger partial charge in [0.15, 0.2) is 11.6 Å². The molecule has 158 valence electrons. The number of carbonyl (C=O) groups is 1. The fraction of sp³-hybridized carbons (Fsp3) is 0.350. The van der Waals surface area contributed by atoms with E-state index in [0.717, 1.165) is 17.0 Å². The fourth-order valence-corrected chi connectivity index (χ4v) is 2.77. The van der Waals surface area contributed by atoms with Crippen LogP contribution in [0, 0.1) is 24.4 Å². The number of anilines is 2. The van der Waals surface area contributed by atoms with Gasteiger partial charge in [0.2, 0.25) is 0 Å². The van der Waals surface area contributed by atoms with Gasteiger partial charge in [-0.25, -0.2) is 13.2 Å². The lowest BCUT2D eigenvalue weighted by molar-refractivity contribution is -0.0916. The predicted octanol–water partition coefficient (Wildman–Crippen LogP) is 2.33. The number of carbonyl (C=O) groups excluding carboxylic acids is 1. The number of nitrogens with one attached hydrogen (secondary N) is 1. The summed E-state index contributed by atoms with van der Waals surface area (Å²) in [5.74, 6) is -4.13. The van der Waals surface area contributed by atoms with Gasteiger partial charge in [0.1, 0.15) is 17.5 Å². The SMILES string of the molecule is Cc1ccc(Nc2c(C(=O)N(C)CC(C)(O)C(O)CO)ccc(F)c2F)c(F)c1. The standard InChI is InChI=1S/C20H23F3N2O4/c1-11-4-7-15(14(22)8-11)24-18-12(5-6-13(21)17(18)23)19(28)25(3)10-20(2,29)16(27)9-26/h4-8,16,24,26-27,29H,9-10H2,1-3H3. The van der Waals surface area contributed by atoms with Crippen molar-refractivity contribution in [2.24, 2.45) is 0 Å². The first-order valence-electron chi connectivity index (χ1n) is 8.76. The number of hydrogen-bond acceptors (Lipinski definition) is 5. The summed E-state index contributed by atoms with van der Waals surface area (Å²) in [6, 6.07) is 5.87. The van der Waals surface area contributed by atoms with Crippen molar-refractivity contribution in [3.63, 3.8) is 0 Å². The topological polar surface area (TPSA) is 93.0 Å². The van der Waals surface area contributed by atoms with Crippen molar-refractivity contribution in [1.82, 2.24) is 4.90 Å². The van der Waals surface area contributed by atoms with Crippen LogP contribution in [-0.2, 0) is 0 Å². The number of amides is 1. The molecule has 0 heterocycles. The monoisotopic (exact) mass is 412 g/mol. The number of nitrogens with zero attached hydrogens (tertiary/aromatic N) is 1. The van der Waals surface area contributed by atoms with E-state index in [1.54, 1.807) is 13.0 Å². The molecule has 0 saturated heterocycles. The Morgan fingerprint density at radius 1 is 1.21 bits per heavy atom. The van der Waals surface area contributed by atoms with E-state index in [2.05, 4.69) is 5.32 Å². The highest BCUT2D eigenvalue weighted by Gasteiger charge is 2.33. The van der Waals surface area contributed by atoms with Gasteiger partial charge in [-0.15, -0.1) is 0 Å². The number of hydrogen-bond donors (Lipinski definition) is 4. The van der Waals surface area contributed by atoms with E-state index in [-0.39, 0.29) is 11.3 Å². The number of benzene rings is 2. The van der Waals surface area contributed by atoms with E-state index in [1.165, 1.54) is 26.1 Å². The van der Waals surface area contributed by atoms with Crippen LogP contribution in [0.4, 0.5) is 24.5 Å². The van der Waals surface area contributed by atoms with Gasteiger partial charge in [-0.05, 0) is 43.7 Å². The van der Waals surface area contributed by atoms with Crippen molar-refractivity contribution in [2.45, 2.75) is 25.6 Å². The first-order chi connectivity index (χ1) is 13.5. The fourth-order valence-electron chi connectivity index (χ4n) is 2.77. The zero-order chi connectivity index (χ0) is 21.9. The number of aryl methyl sites for hydroxylation is 1. The van der Waals surface area contributed by atoms with E-state index in [9.17, 15) is 28.2 Å².